The summed E-state index contributed by atoms with van der Waals surface area (Å²) in [4.78, 5) is 0. The summed E-state index contributed by atoms with van der Waals surface area (Å²) in [6.07, 6.45) is -3.33. The molecule has 0 N–H and O–H groups in total. The number of hydrogen-bond acceptors (Lipinski definition) is 0. The van der Waals surface area contributed by atoms with Crippen LogP contribution in [0.15, 0.2) is 0 Å². The maximum atomic E-state index is 11.8. The molecule has 0 aromatic rings. The van der Waals surface area contributed by atoms with Gasteiger partial charge in [-0.2, -0.15) is 13.2 Å². The van der Waals surface area contributed by atoms with E-state index >= 15 is 0 Å². The Morgan fingerprint density at radius 2 is 1.82 bits per heavy atom. The molecule has 0 bridgehead atoms. The Morgan fingerprint density at radius 3 is 2.09 bits per heavy atom. The van der Waals surface area contributed by atoms with Gasteiger partial charge in [-0.3, -0.25) is 4.39 Å². The second-order valence-electron chi connectivity index (χ2n) is 2.54. The molecule has 0 heterocycles. The molecule has 11 heavy (non-hydrogen) atoms. The molecule has 0 aliphatic heterocycles. The second kappa shape index (κ2) is 4.57. The Hall–Kier alpha value is -0.280. The lowest BCUT2D eigenvalue weighted by molar-refractivity contribution is -0.180. The highest BCUT2D eigenvalue weighted by molar-refractivity contribution is 4.65. The van der Waals surface area contributed by atoms with Crippen LogP contribution in [0.1, 0.15) is 26.2 Å². The van der Waals surface area contributed by atoms with E-state index in [2.05, 4.69) is 0 Å². The first-order chi connectivity index (χ1) is 5.02. The van der Waals surface area contributed by atoms with Crippen molar-refractivity contribution in [2.24, 2.45) is 5.92 Å². The van der Waals surface area contributed by atoms with E-state index in [1.54, 1.807) is 6.92 Å². The Kier molecular flexibility index (Phi) is 4.45. The third-order valence-corrected chi connectivity index (χ3v) is 1.56. The number of alkyl halides is 4. The molecular formula is C7H12F4. The van der Waals surface area contributed by atoms with Gasteiger partial charge in [-0.05, 0) is 6.42 Å². The van der Waals surface area contributed by atoms with Gasteiger partial charge in [0.15, 0.2) is 0 Å². The van der Waals surface area contributed by atoms with Crippen molar-refractivity contribution >= 4 is 0 Å². The fourth-order valence-corrected chi connectivity index (χ4v) is 0.779. The third-order valence-electron chi connectivity index (χ3n) is 1.56. The van der Waals surface area contributed by atoms with E-state index in [1.807, 2.05) is 0 Å². The molecule has 0 nitrogen and oxygen atoms in total. The Morgan fingerprint density at radius 1 is 1.27 bits per heavy atom. The minimum atomic E-state index is -4.36. The van der Waals surface area contributed by atoms with Crippen LogP contribution < -0.4 is 0 Å². The van der Waals surface area contributed by atoms with E-state index < -0.39 is 18.8 Å². The van der Waals surface area contributed by atoms with Gasteiger partial charge >= 0.3 is 6.18 Å². The van der Waals surface area contributed by atoms with Crippen molar-refractivity contribution in [1.29, 1.82) is 0 Å². The molecule has 0 aliphatic rings. The molecule has 0 fully saturated rings. The lowest BCUT2D eigenvalue weighted by Gasteiger charge is -2.15. The molecule has 0 spiro atoms. The van der Waals surface area contributed by atoms with E-state index in [-0.39, 0.29) is 6.42 Å². The molecule has 0 aromatic carbocycles. The molecule has 0 amide bonds. The predicted molar refractivity (Wildman–Crippen MR) is 35.0 cm³/mol. The summed E-state index contributed by atoms with van der Waals surface area (Å²) in [5.74, 6) is -1.75. The largest absolute Gasteiger partial charge is 0.394 e. The van der Waals surface area contributed by atoms with E-state index in [4.69, 9.17) is 0 Å². The monoisotopic (exact) mass is 172 g/mol. The van der Waals surface area contributed by atoms with Crippen molar-refractivity contribution in [3.63, 3.8) is 0 Å². The van der Waals surface area contributed by atoms with Crippen molar-refractivity contribution in [3.05, 3.63) is 0 Å². The van der Waals surface area contributed by atoms with Gasteiger partial charge in [0.2, 0.25) is 0 Å². The summed E-state index contributed by atoms with van der Waals surface area (Å²) >= 11 is 0. The number of hydrogen-bond donors (Lipinski definition) is 0. The van der Waals surface area contributed by atoms with Crippen molar-refractivity contribution in [2.45, 2.75) is 32.4 Å². The summed E-state index contributed by atoms with van der Waals surface area (Å²) in [6.45, 7) is 0.495. The first-order valence-electron chi connectivity index (χ1n) is 3.65. The van der Waals surface area contributed by atoms with Gasteiger partial charge in [0.25, 0.3) is 0 Å². The van der Waals surface area contributed by atoms with Gasteiger partial charge in [-0.15, -0.1) is 0 Å². The average Bonchev–Trinajstić information content (AvgIpc) is 1.87. The van der Waals surface area contributed by atoms with E-state index in [1.165, 1.54) is 0 Å². The highest BCUT2D eigenvalue weighted by atomic mass is 19.4. The summed E-state index contributed by atoms with van der Waals surface area (Å²) in [5, 5.41) is 0. The van der Waals surface area contributed by atoms with Crippen molar-refractivity contribution in [2.75, 3.05) is 6.67 Å². The van der Waals surface area contributed by atoms with Gasteiger partial charge in [0.05, 0.1) is 5.92 Å². The lowest BCUT2D eigenvalue weighted by atomic mass is 10.0. The average molecular weight is 172 g/mol. The van der Waals surface area contributed by atoms with Crippen LogP contribution in [0.25, 0.3) is 0 Å². The molecule has 0 aromatic heterocycles. The molecule has 4 heteroatoms. The normalized spacial score (nSPS) is 15.0. The van der Waals surface area contributed by atoms with E-state index in [9.17, 15) is 17.6 Å². The molecule has 68 valence electrons. The zero-order chi connectivity index (χ0) is 8.91. The molecule has 1 atom stereocenters. The van der Waals surface area contributed by atoms with Gasteiger partial charge in [-0.25, -0.2) is 0 Å². The first-order valence-corrected chi connectivity index (χ1v) is 3.65. The molecule has 0 saturated heterocycles. The van der Waals surface area contributed by atoms with Crippen LogP contribution >= 0.6 is 0 Å². The van der Waals surface area contributed by atoms with Gasteiger partial charge in [0.1, 0.15) is 6.67 Å². The first kappa shape index (κ1) is 10.7. The molecule has 1 unspecified atom stereocenters. The quantitative estimate of drug-likeness (QED) is 0.570. The fraction of sp³-hybridized carbons (Fsp3) is 1.00. The smallest absolute Gasteiger partial charge is 0.250 e. The van der Waals surface area contributed by atoms with E-state index in [0.717, 1.165) is 0 Å². The highest BCUT2D eigenvalue weighted by Crippen LogP contribution is 2.30. The van der Waals surface area contributed by atoms with Crippen LogP contribution in [0, 0.1) is 5.92 Å². The number of rotatable bonds is 4. The standard InChI is InChI=1S/C7H12F4/c1-2-3-4-6(5-8)7(9,10)11/h6H,2-5H2,1H3. The second-order valence-corrected chi connectivity index (χ2v) is 2.54. The topological polar surface area (TPSA) is 0 Å². The zero-order valence-electron chi connectivity index (χ0n) is 6.42. The van der Waals surface area contributed by atoms with Crippen LogP contribution in [0.3, 0.4) is 0 Å². The minimum absolute atomic E-state index is 0.0868. The Balaban J connectivity index is 3.76. The number of halogens is 4. The molecule has 0 rings (SSSR count). The van der Waals surface area contributed by atoms with Gasteiger partial charge < -0.3 is 0 Å². The summed E-state index contributed by atoms with van der Waals surface area (Å²) in [5.41, 5.74) is 0. The van der Waals surface area contributed by atoms with Crippen LogP contribution in [-0.4, -0.2) is 12.9 Å². The zero-order valence-corrected chi connectivity index (χ0v) is 6.42. The predicted octanol–water partition coefficient (Wildman–Crippen LogP) is 3.32. The maximum absolute atomic E-state index is 11.8. The van der Waals surface area contributed by atoms with Crippen molar-refractivity contribution in [3.8, 4) is 0 Å². The molecule has 0 aliphatic carbocycles. The van der Waals surface area contributed by atoms with Crippen molar-refractivity contribution < 1.29 is 17.6 Å². The SMILES string of the molecule is CCCCC(CF)C(F)(F)F. The third kappa shape index (κ3) is 4.22. The van der Waals surface area contributed by atoms with Crippen LogP contribution in [0.5, 0.6) is 0 Å². The Labute approximate surface area is 63.6 Å². The lowest BCUT2D eigenvalue weighted by Crippen LogP contribution is -2.24. The highest BCUT2D eigenvalue weighted by Gasteiger charge is 2.38. The number of unbranched alkanes of at least 4 members (excludes halogenated alkanes) is 1. The van der Waals surface area contributed by atoms with Gasteiger partial charge in [0, 0.05) is 0 Å². The van der Waals surface area contributed by atoms with Gasteiger partial charge in [-0.1, -0.05) is 19.8 Å². The summed E-state index contributed by atoms with van der Waals surface area (Å²) in [7, 11) is 0. The minimum Gasteiger partial charge on any atom is -0.250 e. The fourth-order valence-electron chi connectivity index (χ4n) is 0.779. The summed E-state index contributed by atoms with van der Waals surface area (Å²) in [6, 6.07) is 0. The van der Waals surface area contributed by atoms with Crippen LogP contribution in [-0.2, 0) is 0 Å². The molecule has 0 saturated carbocycles. The molecular weight excluding hydrogens is 160 g/mol. The Bertz CT molecular complexity index is 97.1. The molecule has 0 radical (unpaired) electrons. The summed E-state index contributed by atoms with van der Waals surface area (Å²) < 4.78 is 47.2. The van der Waals surface area contributed by atoms with E-state index in [0.29, 0.717) is 12.8 Å². The van der Waals surface area contributed by atoms with Crippen molar-refractivity contribution in [1.82, 2.24) is 0 Å². The van der Waals surface area contributed by atoms with Crippen LogP contribution in [0.4, 0.5) is 17.6 Å². The van der Waals surface area contributed by atoms with Crippen LogP contribution in [0.2, 0.25) is 0 Å². The maximum Gasteiger partial charge on any atom is 0.394 e.